The predicted molar refractivity (Wildman–Crippen MR) is 83.3 cm³/mol. The number of benzene rings is 2. The highest BCUT2D eigenvalue weighted by Crippen LogP contribution is 2.38. The van der Waals surface area contributed by atoms with E-state index in [0.717, 1.165) is 9.64 Å². The average Bonchev–Trinajstić information content (AvgIpc) is 2.33. The third-order valence-electron chi connectivity index (χ3n) is 2.55. The van der Waals surface area contributed by atoms with Gasteiger partial charge in [0.2, 0.25) is 0 Å². The Balaban J connectivity index is 2.43. The van der Waals surface area contributed by atoms with Crippen LogP contribution < -0.4 is 11.1 Å². The topological polar surface area (TPSA) is 38.0 Å². The number of hydrogen-bond donors (Lipinski definition) is 2. The van der Waals surface area contributed by atoms with Crippen LogP contribution in [0.5, 0.6) is 0 Å². The Labute approximate surface area is 132 Å². The number of anilines is 3. The molecule has 2 aromatic carbocycles. The van der Waals surface area contributed by atoms with E-state index in [9.17, 15) is 13.2 Å². The molecule has 0 saturated heterocycles. The summed E-state index contributed by atoms with van der Waals surface area (Å²) in [6.45, 7) is 0. The SMILES string of the molecule is Nc1ccc(Nc2ccc(Cl)cc2I)c(C(F)(F)F)c1. The Hall–Kier alpha value is -1.15. The minimum Gasteiger partial charge on any atom is -0.399 e. The molecule has 0 aliphatic rings. The van der Waals surface area contributed by atoms with Crippen LogP contribution in [0.25, 0.3) is 0 Å². The van der Waals surface area contributed by atoms with Gasteiger partial charge in [-0.1, -0.05) is 11.6 Å². The highest BCUT2D eigenvalue weighted by molar-refractivity contribution is 14.1. The summed E-state index contributed by atoms with van der Waals surface area (Å²) in [6, 6.07) is 8.53. The van der Waals surface area contributed by atoms with Crippen LogP contribution in [0.2, 0.25) is 5.02 Å². The number of hydrogen-bond acceptors (Lipinski definition) is 2. The molecule has 0 bridgehead atoms. The molecule has 0 aliphatic carbocycles. The fraction of sp³-hybridized carbons (Fsp3) is 0.0769. The van der Waals surface area contributed by atoms with E-state index in [1.807, 2.05) is 22.6 Å². The van der Waals surface area contributed by atoms with Gasteiger partial charge in [0.25, 0.3) is 0 Å². The number of nitrogen functional groups attached to an aromatic ring is 1. The predicted octanol–water partition coefficient (Wildman–Crippen LogP) is 5.29. The number of halogens is 5. The molecule has 106 valence electrons. The fourth-order valence-electron chi connectivity index (χ4n) is 1.64. The molecule has 0 radical (unpaired) electrons. The largest absolute Gasteiger partial charge is 0.418 e. The molecule has 0 unspecified atom stereocenters. The minimum absolute atomic E-state index is 0.0491. The van der Waals surface area contributed by atoms with Gasteiger partial charge in [0.15, 0.2) is 0 Å². The Morgan fingerprint density at radius 2 is 1.70 bits per heavy atom. The highest BCUT2D eigenvalue weighted by Gasteiger charge is 2.33. The molecule has 0 heterocycles. The minimum atomic E-state index is -4.48. The van der Waals surface area contributed by atoms with Gasteiger partial charge in [-0.15, -0.1) is 0 Å². The first kappa shape index (κ1) is 15.2. The van der Waals surface area contributed by atoms with E-state index in [2.05, 4.69) is 5.32 Å². The van der Waals surface area contributed by atoms with Crippen molar-refractivity contribution < 1.29 is 13.2 Å². The van der Waals surface area contributed by atoms with E-state index in [1.54, 1.807) is 18.2 Å². The molecule has 0 aromatic heterocycles. The Morgan fingerprint density at radius 1 is 1.05 bits per heavy atom. The zero-order valence-electron chi connectivity index (χ0n) is 9.93. The molecule has 0 saturated carbocycles. The Bertz CT molecular complexity index is 644. The second kappa shape index (κ2) is 5.69. The second-order valence-corrected chi connectivity index (χ2v) is 5.65. The average molecular weight is 413 g/mol. The van der Waals surface area contributed by atoms with Crippen LogP contribution in [0, 0.1) is 3.57 Å². The third-order valence-corrected chi connectivity index (χ3v) is 3.68. The monoisotopic (exact) mass is 412 g/mol. The van der Waals surface area contributed by atoms with E-state index in [1.165, 1.54) is 12.1 Å². The first-order valence-electron chi connectivity index (χ1n) is 5.46. The number of rotatable bonds is 2. The van der Waals surface area contributed by atoms with E-state index in [-0.39, 0.29) is 11.4 Å². The van der Waals surface area contributed by atoms with Crippen LogP contribution in [0.3, 0.4) is 0 Å². The van der Waals surface area contributed by atoms with Gasteiger partial charge in [-0.2, -0.15) is 13.2 Å². The molecular formula is C13H9ClF3IN2. The molecule has 3 N–H and O–H groups in total. The quantitative estimate of drug-likeness (QED) is 0.520. The van der Waals surface area contributed by atoms with Gasteiger partial charge >= 0.3 is 6.18 Å². The van der Waals surface area contributed by atoms with Crippen LogP contribution in [-0.4, -0.2) is 0 Å². The van der Waals surface area contributed by atoms with Gasteiger partial charge in [0.1, 0.15) is 0 Å². The lowest BCUT2D eigenvalue weighted by Gasteiger charge is -2.16. The molecule has 0 atom stereocenters. The highest BCUT2D eigenvalue weighted by atomic mass is 127. The van der Waals surface area contributed by atoms with E-state index < -0.39 is 11.7 Å². The van der Waals surface area contributed by atoms with E-state index in [0.29, 0.717) is 10.7 Å². The summed E-state index contributed by atoms with van der Waals surface area (Å²) in [5, 5.41) is 3.28. The number of alkyl halides is 3. The van der Waals surface area contributed by atoms with Crippen LogP contribution in [0.1, 0.15) is 5.56 Å². The molecule has 0 spiro atoms. The summed E-state index contributed by atoms with van der Waals surface area (Å²) in [6.07, 6.45) is -4.48. The number of nitrogens with one attached hydrogen (secondary N) is 1. The molecule has 2 rings (SSSR count). The molecule has 0 fully saturated rings. The van der Waals surface area contributed by atoms with Gasteiger partial charge in [0.05, 0.1) is 16.9 Å². The van der Waals surface area contributed by atoms with Crippen molar-refractivity contribution in [2.45, 2.75) is 6.18 Å². The lowest BCUT2D eigenvalue weighted by atomic mass is 10.1. The maximum atomic E-state index is 13.0. The van der Waals surface area contributed by atoms with Crippen molar-refractivity contribution in [1.82, 2.24) is 0 Å². The van der Waals surface area contributed by atoms with Crippen molar-refractivity contribution in [2.24, 2.45) is 0 Å². The Kier molecular flexibility index (Phi) is 4.33. The van der Waals surface area contributed by atoms with Crippen LogP contribution in [-0.2, 0) is 6.18 Å². The summed E-state index contributed by atoms with van der Waals surface area (Å²) < 4.78 is 39.7. The van der Waals surface area contributed by atoms with Crippen LogP contribution in [0.4, 0.5) is 30.2 Å². The van der Waals surface area contributed by atoms with Crippen molar-refractivity contribution in [3.8, 4) is 0 Å². The zero-order chi connectivity index (χ0) is 14.9. The summed E-state index contributed by atoms with van der Waals surface area (Å²) in [5.41, 5.74) is 5.18. The fourth-order valence-corrected chi connectivity index (χ4v) is 2.65. The lowest BCUT2D eigenvalue weighted by Crippen LogP contribution is -2.10. The lowest BCUT2D eigenvalue weighted by molar-refractivity contribution is -0.136. The molecule has 2 aromatic rings. The summed E-state index contributed by atoms with van der Waals surface area (Å²) in [7, 11) is 0. The van der Waals surface area contributed by atoms with Crippen molar-refractivity contribution >= 4 is 51.3 Å². The van der Waals surface area contributed by atoms with Gasteiger partial charge in [-0.3, -0.25) is 0 Å². The number of nitrogens with two attached hydrogens (primary N) is 1. The second-order valence-electron chi connectivity index (χ2n) is 4.05. The Morgan fingerprint density at radius 3 is 2.30 bits per heavy atom. The first-order valence-corrected chi connectivity index (χ1v) is 6.92. The first-order chi connectivity index (χ1) is 9.27. The summed E-state index contributed by atoms with van der Waals surface area (Å²) in [4.78, 5) is 0. The molecular weight excluding hydrogens is 404 g/mol. The smallest absolute Gasteiger partial charge is 0.399 e. The van der Waals surface area contributed by atoms with Gasteiger partial charge in [-0.25, -0.2) is 0 Å². The van der Waals surface area contributed by atoms with Gasteiger partial charge < -0.3 is 11.1 Å². The standard InChI is InChI=1S/C13H9ClF3IN2/c14-7-1-3-12(10(18)5-7)20-11-4-2-8(19)6-9(11)13(15,16)17/h1-6,20H,19H2. The molecule has 20 heavy (non-hydrogen) atoms. The third kappa shape index (κ3) is 3.49. The van der Waals surface area contributed by atoms with Crippen molar-refractivity contribution in [1.29, 1.82) is 0 Å². The van der Waals surface area contributed by atoms with Crippen molar-refractivity contribution in [2.75, 3.05) is 11.1 Å². The van der Waals surface area contributed by atoms with Crippen LogP contribution in [0.15, 0.2) is 36.4 Å². The normalized spacial score (nSPS) is 11.4. The maximum Gasteiger partial charge on any atom is 0.418 e. The molecule has 2 nitrogen and oxygen atoms in total. The van der Waals surface area contributed by atoms with Crippen molar-refractivity contribution in [3.05, 3.63) is 50.6 Å². The van der Waals surface area contributed by atoms with E-state index in [4.69, 9.17) is 17.3 Å². The van der Waals surface area contributed by atoms with Crippen LogP contribution >= 0.6 is 34.2 Å². The summed E-state index contributed by atoms with van der Waals surface area (Å²) >= 11 is 7.81. The molecule has 0 aliphatic heterocycles. The molecule has 7 heteroatoms. The van der Waals surface area contributed by atoms with Gasteiger partial charge in [0, 0.05) is 14.3 Å². The maximum absolute atomic E-state index is 13.0. The summed E-state index contributed by atoms with van der Waals surface area (Å²) in [5.74, 6) is 0. The zero-order valence-corrected chi connectivity index (χ0v) is 12.8. The molecule has 0 amide bonds. The van der Waals surface area contributed by atoms with Gasteiger partial charge in [-0.05, 0) is 59.0 Å². The van der Waals surface area contributed by atoms with E-state index >= 15 is 0 Å². The van der Waals surface area contributed by atoms with Crippen molar-refractivity contribution in [3.63, 3.8) is 0 Å².